The van der Waals surface area contributed by atoms with Gasteiger partial charge in [0, 0.05) is 34.7 Å². The Balaban J connectivity index is 1.57. The van der Waals surface area contributed by atoms with Crippen LogP contribution in [0.1, 0.15) is 35.7 Å². The van der Waals surface area contributed by atoms with E-state index in [9.17, 15) is 0 Å². The van der Waals surface area contributed by atoms with E-state index in [1.807, 2.05) is 12.1 Å². The van der Waals surface area contributed by atoms with Crippen molar-refractivity contribution in [1.29, 1.82) is 0 Å². The SMILES string of the molecule is Clc1ccc(CCn2c3c(c4ccccc42)CCN2CCCC32)cc1. The predicted octanol–water partition coefficient (Wildman–Crippen LogP) is 5.23. The number of aromatic nitrogens is 1. The fourth-order valence-electron chi connectivity index (χ4n) is 4.83. The van der Waals surface area contributed by atoms with E-state index in [4.69, 9.17) is 11.6 Å². The van der Waals surface area contributed by atoms with E-state index in [-0.39, 0.29) is 0 Å². The van der Waals surface area contributed by atoms with Gasteiger partial charge in [0.05, 0.1) is 6.04 Å². The van der Waals surface area contributed by atoms with Crippen LogP contribution in [0.15, 0.2) is 48.5 Å². The highest BCUT2D eigenvalue weighted by molar-refractivity contribution is 6.30. The van der Waals surface area contributed by atoms with Crippen molar-refractivity contribution >= 4 is 22.5 Å². The zero-order valence-electron chi connectivity index (χ0n) is 14.4. The van der Waals surface area contributed by atoms with E-state index in [1.165, 1.54) is 48.8 Å². The Morgan fingerprint density at radius 3 is 2.72 bits per heavy atom. The van der Waals surface area contributed by atoms with E-state index in [0.717, 1.165) is 18.0 Å². The molecule has 3 heteroatoms. The smallest absolute Gasteiger partial charge is 0.0504 e. The lowest BCUT2D eigenvalue weighted by Crippen LogP contribution is -2.32. The van der Waals surface area contributed by atoms with Crippen molar-refractivity contribution < 1.29 is 0 Å². The molecule has 0 bridgehead atoms. The predicted molar refractivity (Wildman–Crippen MR) is 104 cm³/mol. The molecule has 0 radical (unpaired) electrons. The molecule has 5 rings (SSSR count). The first-order valence-electron chi connectivity index (χ1n) is 9.40. The Labute approximate surface area is 154 Å². The maximum absolute atomic E-state index is 6.03. The van der Waals surface area contributed by atoms with Crippen LogP contribution in [0.2, 0.25) is 5.02 Å². The highest BCUT2D eigenvalue weighted by Gasteiger charge is 2.35. The summed E-state index contributed by atoms with van der Waals surface area (Å²) in [7, 11) is 0. The summed E-state index contributed by atoms with van der Waals surface area (Å²) in [6.45, 7) is 3.54. The molecule has 0 N–H and O–H groups in total. The second-order valence-corrected chi connectivity index (χ2v) is 7.79. The van der Waals surface area contributed by atoms with Crippen molar-refractivity contribution in [2.45, 2.75) is 38.3 Å². The van der Waals surface area contributed by atoms with Gasteiger partial charge in [0.25, 0.3) is 0 Å². The summed E-state index contributed by atoms with van der Waals surface area (Å²) in [6.07, 6.45) is 4.89. The van der Waals surface area contributed by atoms with Crippen LogP contribution in [0, 0.1) is 0 Å². The third-order valence-electron chi connectivity index (χ3n) is 5.99. The topological polar surface area (TPSA) is 8.17 Å². The molecule has 1 unspecified atom stereocenters. The third kappa shape index (κ3) is 2.59. The minimum atomic E-state index is 0.626. The minimum absolute atomic E-state index is 0.626. The molecule has 1 fully saturated rings. The number of nitrogens with zero attached hydrogens (tertiary/aromatic N) is 2. The molecule has 0 amide bonds. The Kier molecular flexibility index (Phi) is 3.83. The fraction of sp³-hybridized carbons (Fsp3) is 0.364. The van der Waals surface area contributed by atoms with Crippen LogP contribution in [-0.2, 0) is 19.4 Å². The van der Waals surface area contributed by atoms with Crippen LogP contribution in [-0.4, -0.2) is 22.6 Å². The summed E-state index contributed by atoms with van der Waals surface area (Å²) >= 11 is 6.03. The molecule has 0 saturated carbocycles. The highest BCUT2D eigenvalue weighted by atomic mass is 35.5. The van der Waals surface area contributed by atoms with Crippen molar-refractivity contribution in [1.82, 2.24) is 9.47 Å². The molecule has 2 aliphatic rings. The molecule has 0 aliphatic carbocycles. The Hall–Kier alpha value is -1.77. The van der Waals surface area contributed by atoms with Gasteiger partial charge < -0.3 is 4.57 Å². The van der Waals surface area contributed by atoms with Crippen LogP contribution in [0.5, 0.6) is 0 Å². The van der Waals surface area contributed by atoms with Gasteiger partial charge in [0.2, 0.25) is 0 Å². The van der Waals surface area contributed by atoms with Gasteiger partial charge in [0.1, 0.15) is 0 Å². The van der Waals surface area contributed by atoms with Crippen molar-refractivity contribution in [3.05, 3.63) is 70.4 Å². The number of rotatable bonds is 3. The van der Waals surface area contributed by atoms with Crippen LogP contribution in [0.4, 0.5) is 0 Å². The zero-order valence-corrected chi connectivity index (χ0v) is 15.2. The standard InChI is InChI=1S/C22H23ClN2/c23-17-9-7-16(8-10-17)11-15-25-20-5-2-1-4-18(20)19-12-14-24-13-3-6-21(24)22(19)25/h1-2,4-5,7-10,21H,3,6,11-15H2. The lowest BCUT2D eigenvalue weighted by atomic mass is 9.97. The van der Waals surface area contributed by atoms with E-state index >= 15 is 0 Å². The number of benzene rings is 2. The van der Waals surface area contributed by atoms with E-state index < -0.39 is 0 Å². The lowest BCUT2D eigenvalue weighted by Gasteiger charge is -2.31. The van der Waals surface area contributed by atoms with E-state index in [0.29, 0.717) is 6.04 Å². The monoisotopic (exact) mass is 350 g/mol. The van der Waals surface area contributed by atoms with Crippen molar-refractivity contribution in [2.24, 2.45) is 0 Å². The summed E-state index contributed by atoms with van der Waals surface area (Å²) in [4.78, 5) is 2.69. The summed E-state index contributed by atoms with van der Waals surface area (Å²) in [5.41, 5.74) is 5.97. The van der Waals surface area contributed by atoms with Crippen LogP contribution < -0.4 is 0 Å². The Morgan fingerprint density at radius 2 is 1.84 bits per heavy atom. The number of hydrogen-bond acceptors (Lipinski definition) is 1. The molecule has 3 heterocycles. The van der Waals surface area contributed by atoms with Gasteiger partial charge in [-0.25, -0.2) is 0 Å². The Bertz CT molecular complexity index is 910. The second kappa shape index (κ2) is 6.19. The molecular weight excluding hydrogens is 328 g/mol. The molecule has 1 atom stereocenters. The van der Waals surface area contributed by atoms with Gasteiger partial charge in [-0.15, -0.1) is 0 Å². The molecule has 128 valence electrons. The van der Waals surface area contributed by atoms with Crippen LogP contribution in [0.25, 0.3) is 10.9 Å². The number of aryl methyl sites for hydroxylation is 2. The zero-order chi connectivity index (χ0) is 16.8. The average molecular weight is 351 g/mol. The normalized spacial score (nSPS) is 20.0. The number of halogens is 1. The molecular formula is C22H23ClN2. The minimum Gasteiger partial charge on any atom is -0.342 e. The molecule has 2 nitrogen and oxygen atoms in total. The summed E-state index contributed by atoms with van der Waals surface area (Å²) in [6, 6.07) is 17.9. The van der Waals surface area contributed by atoms with Crippen molar-refractivity contribution in [3.8, 4) is 0 Å². The van der Waals surface area contributed by atoms with Gasteiger partial charge in [-0.1, -0.05) is 41.9 Å². The van der Waals surface area contributed by atoms with Crippen molar-refractivity contribution in [3.63, 3.8) is 0 Å². The molecule has 3 aromatic rings. The summed E-state index contributed by atoms with van der Waals surface area (Å²) < 4.78 is 2.61. The molecule has 1 saturated heterocycles. The number of fused-ring (bicyclic) bond motifs is 5. The van der Waals surface area contributed by atoms with Gasteiger partial charge in [-0.3, -0.25) is 4.90 Å². The summed E-state index contributed by atoms with van der Waals surface area (Å²) in [5.74, 6) is 0. The van der Waals surface area contributed by atoms with E-state index in [2.05, 4.69) is 45.9 Å². The number of para-hydroxylation sites is 1. The molecule has 2 aromatic carbocycles. The van der Waals surface area contributed by atoms with Crippen molar-refractivity contribution in [2.75, 3.05) is 13.1 Å². The largest absolute Gasteiger partial charge is 0.342 e. The van der Waals surface area contributed by atoms with Crippen LogP contribution in [0.3, 0.4) is 0 Å². The molecule has 0 spiro atoms. The second-order valence-electron chi connectivity index (χ2n) is 7.35. The quantitative estimate of drug-likeness (QED) is 0.627. The average Bonchev–Trinajstić information content (AvgIpc) is 3.23. The van der Waals surface area contributed by atoms with Gasteiger partial charge >= 0.3 is 0 Å². The molecule has 1 aromatic heterocycles. The maximum Gasteiger partial charge on any atom is 0.0504 e. The first-order valence-corrected chi connectivity index (χ1v) is 9.77. The van der Waals surface area contributed by atoms with Gasteiger partial charge in [-0.2, -0.15) is 0 Å². The third-order valence-corrected chi connectivity index (χ3v) is 6.24. The first kappa shape index (κ1) is 15.5. The van der Waals surface area contributed by atoms with E-state index in [1.54, 1.807) is 11.3 Å². The molecule has 2 aliphatic heterocycles. The first-order chi connectivity index (χ1) is 12.3. The number of hydrogen-bond donors (Lipinski definition) is 0. The Morgan fingerprint density at radius 1 is 1.00 bits per heavy atom. The fourth-order valence-corrected chi connectivity index (χ4v) is 4.96. The molecule has 25 heavy (non-hydrogen) atoms. The highest BCUT2D eigenvalue weighted by Crippen LogP contribution is 2.42. The van der Waals surface area contributed by atoms with Gasteiger partial charge in [-0.05, 0) is 61.6 Å². The summed E-state index contributed by atoms with van der Waals surface area (Å²) in [5, 5.41) is 2.29. The van der Waals surface area contributed by atoms with Gasteiger partial charge in [0.15, 0.2) is 0 Å². The lowest BCUT2D eigenvalue weighted by molar-refractivity contribution is 0.234. The van der Waals surface area contributed by atoms with Crippen LogP contribution >= 0.6 is 11.6 Å². The maximum atomic E-state index is 6.03.